The summed E-state index contributed by atoms with van der Waals surface area (Å²) in [6.07, 6.45) is 9.36. The number of hydrogen-bond donors (Lipinski definition) is 2. The van der Waals surface area contributed by atoms with Crippen molar-refractivity contribution in [3.8, 4) is 0 Å². The van der Waals surface area contributed by atoms with E-state index in [0.717, 1.165) is 68.3 Å². The molecule has 4 rings (SSSR count). The SMILES string of the molecule is C=CC(=O)N1CCCC(Nc2nc(N3CCCC[C@H]3CCO)nc3c2N=CC3C(C)C)C1. The van der Waals surface area contributed by atoms with Crippen LogP contribution in [0.1, 0.15) is 64.0 Å². The minimum Gasteiger partial charge on any atom is -0.396 e. The molecule has 1 amide bonds. The van der Waals surface area contributed by atoms with Crippen molar-refractivity contribution in [2.75, 3.05) is 36.5 Å². The number of carbonyl (C=O) groups is 1. The predicted octanol–water partition coefficient (Wildman–Crippen LogP) is 3.26. The van der Waals surface area contributed by atoms with Crippen molar-refractivity contribution in [2.45, 2.75) is 70.4 Å². The zero-order valence-electron chi connectivity index (χ0n) is 19.3. The fourth-order valence-corrected chi connectivity index (χ4v) is 5.09. The molecule has 2 fully saturated rings. The van der Waals surface area contributed by atoms with Gasteiger partial charge in [0.2, 0.25) is 11.9 Å². The lowest BCUT2D eigenvalue weighted by Gasteiger charge is -2.36. The third kappa shape index (κ3) is 4.65. The minimum atomic E-state index is -0.0249. The van der Waals surface area contributed by atoms with Crippen molar-refractivity contribution in [1.82, 2.24) is 14.9 Å². The molecule has 8 nitrogen and oxygen atoms in total. The number of carbonyl (C=O) groups excluding carboxylic acids is 1. The maximum absolute atomic E-state index is 12.1. The largest absolute Gasteiger partial charge is 0.396 e. The Kier molecular flexibility index (Phi) is 7.08. The number of aliphatic hydroxyl groups excluding tert-OH is 1. The highest BCUT2D eigenvalue weighted by Gasteiger charge is 2.32. The van der Waals surface area contributed by atoms with Crippen molar-refractivity contribution in [1.29, 1.82) is 0 Å². The smallest absolute Gasteiger partial charge is 0.246 e. The minimum absolute atomic E-state index is 0.0249. The number of likely N-dealkylation sites (tertiary alicyclic amines) is 1. The maximum Gasteiger partial charge on any atom is 0.246 e. The predicted molar refractivity (Wildman–Crippen MR) is 128 cm³/mol. The normalized spacial score (nSPS) is 25.2. The molecule has 0 spiro atoms. The first-order chi connectivity index (χ1) is 15.5. The van der Waals surface area contributed by atoms with Gasteiger partial charge >= 0.3 is 0 Å². The number of piperidine rings is 2. The molecule has 0 radical (unpaired) electrons. The van der Waals surface area contributed by atoms with E-state index in [9.17, 15) is 9.90 Å². The number of nitrogens with one attached hydrogen (secondary N) is 1. The van der Waals surface area contributed by atoms with Gasteiger partial charge in [-0.25, -0.2) is 4.98 Å². The van der Waals surface area contributed by atoms with Crippen molar-refractivity contribution < 1.29 is 9.90 Å². The monoisotopic (exact) mass is 440 g/mol. The topological polar surface area (TPSA) is 94.0 Å². The summed E-state index contributed by atoms with van der Waals surface area (Å²) < 4.78 is 0. The highest BCUT2D eigenvalue weighted by Crippen LogP contribution is 2.41. The van der Waals surface area contributed by atoms with E-state index < -0.39 is 0 Å². The van der Waals surface area contributed by atoms with Crippen LogP contribution in [0.15, 0.2) is 17.6 Å². The molecule has 3 aliphatic rings. The van der Waals surface area contributed by atoms with Gasteiger partial charge < -0.3 is 20.2 Å². The number of rotatable bonds is 7. The van der Waals surface area contributed by atoms with Crippen LogP contribution in [0.4, 0.5) is 17.5 Å². The number of amides is 1. The van der Waals surface area contributed by atoms with Gasteiger partial charge in [-0.1, -0.05) is 20.4 Å². The fraction of sp³-hybridized carbons (Fsp3) is 0.667. The van der Waals surface area contributed by atoms with Crippen LogP contribution in [-0.4, -0.2) is 70.4 Å². The van der Waals surface area contributed by atoms with E-state index in [4.69, 9.17) is 15.0 Å². The fourth-order valence-electron chi connectivity index (χ4n) is 5.09. The quantitative estimate of drug-likeness (QED) is 0.632. The summed E-state index contributed by atoms with van der Waals surface area (Å²) >= 11 is 0. The Balaban J connectivity index is 1.65. The van der Waals surface area contributed by atoms with E-state index in [0.29, 0.717) is 12.5 Å². The van der Waals surface area contributed by atoms with E-state index in [1.54, 1.807) is 0 Å². The summed E-state index contributed by atoms with van der Waals surface area (Å²) in [5.74, 6) is 2.02. The summed E-state index contributed by atoms with van der Waals surface area (Å²) in [6.45, 7) is 10.5. The second kappa shape index (κ2) is 9.98. The Hall–Kier alpha value is -2.48. The molecule has 4 heterocycles. The van der Waals surface area contributed by atoms with E-state index in [2.05, 4.69) is 30.6 Å². The van der Waals surface area contributed by atoms with Crippen LogP contribution in [0, 0.1) is 5.92 Å². The van der Waals surface area contributed by atoms with Crippen molar-refractivity contribution >= 4 is 29.6 Å². The number of aliphatic hydroxyl groups is 1. The first-order valence-electron chi connectivity index (χ1n) is 12.0. The molecule has 0 aromatic carbocycles. The van der Waals surface area contributed by atoms with Crippen LogP contribution in [0.3, 0.4) is 0 Å². The van der Waals surface area contributed by atoms with Crippen molar-refractivity contribution in [3.63, 3.8) is 0 Å². The van der Waals surface area contributed by atoms with Crippen LogP contribution in [0.25, 0.3) is 0 Å². The van der Waals surface area contributed by atoms with Gasteiger partial charge in [0, 0.05) is 50.5 Å². The van der Waals surface area contributed by atoms with E-state index in [-0.39, 0.29) is 30.5 Å². The molecule has 1 aromatic heterocycles. The Labute approximate surface area is 190 Å². The Morgan fingerprint density at radius 1 is 1.28 bits per heavy atom. The number of fused-ring (bicyclic) bond motifs is 1. The standard InChI is InChI=1S/C24H36N6O2/c1-4-20(32)29-11-7-8-17(15-29)26-23-22-21(19(14-25-22)16(2)3)27-24(28-23)30-12-6-5-9-18(30)10-13-31/h4,14,16-19,31H,1,5-13,15H2,2-3H3,(H,26,27,28)/t17?,18-,19?/m0/s1. The average Bonchev–Trinajstić information content (AvgIpc) is 3.24. The van der Waals surface area contributed by atoms with Crippen LogP contribution in [0.5, 0.6) is 0 Å². The molecule has 32 heavy (non-hydrogen) atoms. The molecule has 0 bridgehead atoms. The third-order valence-corrected chi connectivity index (χ3v) is 6.89. The van der Waals surface area contributed by atoms with Crippen LogP contribution >= 0.6 is 0 Å². The second-order valence-electron chi connectivity index (χ2n) is 9.48. The molecule has 3 aliphatic heterocycles. The van der Waals surface area contributed by atoms with E-state index in [1.807, 2.05) is 11.1 Å². The molecule has 1 aromatic rings. The van der Waals surface area contributed by atoms with Crippen molar-refractivity contribution in [3.05, 3.63) is 18.3 Å². The Morgan fingerprint density at radius 2 is 2.12 bits per heavy atom. The van der Waals surface area contributed by atoms with Gasteiger partial charge in [0.25, 0.3) is 0 Å². The van der Waals surface area contributed by atoms with Gasteiger partial charge in [0.15, 0.2) is 5.82 Å². The summed E-state index contributed by atoms with van der Waals surface area (Å²) in [6, 6.07) is 0.372. The molecule has 2 unspecified atom stereocenters. The van der Waals surface area contributed by atoms with Gasteiger partial charge in [-0.05, 0) is 50.5 Å². The maximum atomic E-state index is 12.1. The van der Waals surface area contributed by atoms with E-state index >= 15 is 0 Å². The van der Waals surface area contributed by atoms with Crippen LogP contribution in [0.2, 0.25) is 0 Å². The first-order valence-corrected chi connectivity index (χ1v) is 12.0. The lowest BCUT2D eigenvalue weighted by atomic mass is 9.94. The highest BCUT2D eigenvalue weighted by molar-refractivity contribution is 5.87. The average molecular weight is 441 g/mol. The molecule has 2 saturated heterocycles. The molecule has 0 aliphatic carbocycles. The van der Waals surface area contributed by atoms with Crippen LogP contribution in [-0.2, 0) is 4.79 Å². The number of hydrogen-bond acceptors (Lipinski definition) is 7. The Morgan fingerprint density at radius 3 is 2.88 bits per heavy atom. The number of nitrogens with zero attached hydrogens (tertiary/aromatic N) is 5. The Bertz CT molecular complexity index is 868. The highest BCUT2D eigenvalue weighted by atomic mass is 16.3. The van der Waals surface area contributed by atoms with E-state index in [1.165, 1.54) is 12.5 Å². The molecule has 174 valence electrons. The molecule has 2 N–H and O–H groups in total. The first kappa shape index (κ1) is 22.7. The number of aliphatic imine (C=N–C) groups is 1. The lowest BCUT2D eigenvalue weighted by molar-refractivity contribution is -0.127. The summed E-state index contributed by atoms with van der Waals surface area (Å²) in [7, 11) is 0. The summed E-state index contributed by atoms with van der Waals surface area (Å²) in [5, 5.41) is 13.2. The molecule has 0 saturated carbocycles. The van der Waals surface area contributed by atoms with Gasteiger partial charge in [-0.2, -0.15) is 4.98 Å². The summed E-state index contributed by atoms with van der Waals surface area (Å²) in [5.41, 5.74) is 1.81. The third-order valence-electron chi connectivity index (χ3n) is 6.89. The lowest BCUT2D eigenvalue weighted by Crippen LogP contribution is -2.45. The molecule has 8 heteroatoms. The molecular weight excluding hydrogens is 404 g/mol. The zero-order valence-corrected chi connectivity index (χ0v) is 19.3. The van der Waals surface area contributed by atoms with Gasteiger partial charge in [-0.15, -0.1) is 0 Å². The summed E-state index contributed by atoms with van der Waals surface area (Å²) in [4.78, 5) is 30.9. The zero-order chi connectivity index (χ0) is 22.7. The van der Waals surface area contributed by atoms with Crippen LogP contribution < -0.4 is 10.2 Å². The number of anilines is 2. The molecular formula is C24H36N6O2. The number of aromatic nitrogens is 2. The van der Waals surface area contributed by atoms with Gasteiger partial charge in [0.05, 0.1) is 5.69 Å². The molecule has 3 atom stereocenters. The van der Waals surface area contributed by atoms with Crippen molar-refractivity contribution in [2.24, 2.45) is 10.9 Å². The van der Waals surface area contributed by atoms with Gasteiger partial charge in [-0.3, -0.25) is 9.79 Å². The van der Waals surface area contributed by atoms with Gasteiger partial charge in [0.1, 0.15) is 5.69 Å². The second-order valence-corrected chi connectivity index (χ2v) is 9.48.